The number of Topliss-reactive ketones (excluding diaryl/α,β-unsaturated/α-hetero) is 1. The van der Waals surface area contributed by atoms with E-state index in [4.69, 9.17) is 4.74 Å². The number of hydrogen-bond donors (Lipinski definition) is 0. The van der Waals surface area contributed by atoms with E-state index in [2.05, 4.69) is 15.9 Å². The highest BCUT2D eigenvalue weighted by Gasteiger charge is 2.60. The van der Waals surface area contributed by atoms with Crippen molar-refractivity contribution in [2.24, 2.45) is 11.8 Å². The summed E-state index contributed by atoms with van der Waals surface area (Å²) in [4.78, 5) is 37.9. The van der Waals surface area contributed by atoms with Crippen LogP contribution in [-0.4, -0.2) is 18.0 Å². The molecular weight excluding hydrogens is 408 g/mol. The summed E-state index contributed by atoms with van der Waals surface area (Å²) in [5, 5.41) is 0. The lowest BCUT2D eigenvalue weighted by Gasteiger charge is -2.40. The maximum atomic E-state index is 13.4. The van der Waals surface area contributed by atoms with Crippen LogP contribution in [0.15, 0.2) is 65.2 Å². The van der Waals surface area contributed by atoms with Crippen molar-refractivity contribution in [3.05, 3.63) is 76.3 Å². The molecule has 0 aromatic heterocycles. The van der Waals surface area contributed by atoms with Gasteiger partial charge in [-0.25, -0.2) is 0 Å². The van der Waals surface area contributed by atoms with Crippen LogP contribution in [0.2, 0.25) is 0 Å². The predicted molar refractivity (Wildman–Crippen MR) is 104 cm³/mol. The fourth-order valence-electron chi connectivity index (χ4n) is 4.35. The van der Waals surface area contributed by atoms with Gasteiger partial charge in [-0.05, 0) is 24.6 Å². The molecule has 4 nitrogen and oxygen atoms in total. The SMILES string of the molecule is O=CC[C@H]1C=CC[C@H](C(=O)c2ccc(Br)cc2)[C@@]12C(=O)Oc1ccccc12. The van der Waals surface area contributed by atoms with Gasteiger partial charge in [-0.2, -0.15) is 0 Å². The third-order valence-corrected chi connectivity index (χ3v) is 6.07. The highest BCUT2D eigenvalue weighted by molar-refractivity contribution is 9.10. The standard InChI is InChI=1S/C22H17BrO4/c23-16-10-8-14(9-11-16)20(25)18-6-3-4-15(12-13-24)22(18)17-5-1-2-7-19(17)27-21(22)26/h1-5,7-11,13,15,18H,6,12H2/t15-,18-,22-/m1/s1. The molecule has 136 valence electrons. The molecule has 0 saturated carbocycles. The van der Waals surface area contributed by atoms with Crippen LogP contribution >= 0.6 is 15.9 Å². The molecule has 0 radical (unpaired) electrons. The number of benzene rings is 2. The Bertz CT molecular complexity index is 947. The van der Waals surface area contributed by atoms with Crippen molar-refractivity contribution >= 4 is 34.0 Å². The van der Waals surface area contributed by atoms with E-state index in [9.17, 15) is 14.4 Å². The number of para-hydroxylation sites is 1. The van der Waals surface area contributed by atoms with Crippen molar-refractivity contribution in [1.82, 2.24) is 0 Å². The molecule has 0 fully saturated rings. The summed E-state index contributed by atoms with van der Waals surface area (Å²) in [5.74, 6) is -1.12. The predicted octanol–water partition coefficient (Wildman–Crippen LogP) is 4.27. The third kappa shape index (κ3) is 2.69. The van der Waals surface area contributed by atoms with E-state index in [-0.39, 0.29) is 12.2 Å². The van der Waals surface area contributed by atoms with Gasteiger partial charge in [0.15, 0.2) is 5.78 Å². The summed E-state index contributed by atoms with van der Waals surface area (Å²) < 4.78 is 6.44. The molecule has 0 N–H and O–H groups in total. The summed E-state index contributed by atoms with van der Waals surface area (Å²) in [6.45, 7) is 0. The lowest BCUT2D eigenvalue weighted by atomic mass is 9.57. The fraction of sp³-hybridized carbons (Fsp3) is 0.227. The number of aldehydes is 1. The highest BCUT2D eigenvalue weighted by Crippen LogP contribution is 2.54. The average molecular weight is 425 g/mol. The highest BCUT2D eigenvalue weighted by atomic mass is 79.9. The zero-order chi connectivity index (χ0) is 19.0. The molecule has 3 atom stereocenters. The van der Waals surface area contributed by atoms with Crippen molar-refractivity contribution in [1.29, 1.82) is 0 Å². The number of halogens is 1. The van der Waals surface area contributed by atoms with Gasteiger partial charge in [0.25, 0.3) is 0 Å². The number of carbonyl (C=O) groups excluding carboxylic acids is 3. The topological polar surface area (TPSA) is 60.4 Å². The Kier molecular flexibility index (Phi) is 4.56. The first kappa shape index (κ1) is 17.9. The van der Waals surface area contributed by atoms with Crippen LogP contribution in [0.1, 0.15) is 28.8 Å². The Morgan fingerprint density at radius 2 is 1.93 bits per heavy atom. The maximum Gasteiger partial charge on any atom is 0.323 e. The normalized spacial score (nSPS) is 25.9. The molecule has 0 amide bonds. The van der Waals surface area contributed by atoms with Crippen LogP contribution < -0.4 is 4.74 Å². The van der Waals surface area contributed by atoms with Gasteiger partial charge in [-0.3, -0.25) is 9.59 Å². The molecule has 0 unspecified atom stereocenters. The Balaban J connectivity index is 1.89. The fourth-order valence-corrected chi connectivity index (χ4v) is 4.61. The smallest absolute Gasteiger partial charge is 0.323 e. The number of carbonyl (C=O) groups is 3. The number of fused-ring (bicyclic) bond motifs is 2. The van der Waals surface area contributed by atoms with Crippen molar-refractivity contribution in [3.63, 3.8) is 0 Å². The third-order valence-electron chi connectivity index (χ3n) is 5.54. The molecular formula is C22H17BrO4. The molecule has 4 rings (SSSR count). The van der Waals surface area contributed by atoms with E-state index in [1.807, 2.05) is 36.4 Å². The molecule has 2 aliphatic rings. The second-order valence-corrected chi connectivity index (χ2v) is 7.77. The Hall–Kier alpha value is -2.53. The minimum absolute atomic E-state index is 0.114. The minimum atomic E-state index is -1.17. The Morgan fingerprint density at radius 3 is 2.67 bits per heavy atom. The molecule has 0 bridgehead atoms. The first-order valence-electron chi connectivity index (χ1n) is 8.81. The largest absolute Gasteiger partial charge is 0.426 e. The molecule has 0 saturated heterocycles. The van der Waals surface area contributed by atoms with E-state index < -0.39 is 23.2 Å². The molecule has 1 heterocycles. The van der Waals surface area contributed by atoms with Crippen molar-refractivity contribution in [3.8, 4) is 5.75 Å². The summed E-state index contributed by atoms with van der Waals surface area (Å²) in [7, 11) is 0. The van der Waals surface area contributed by atoms with E-state index in [0.29, 0.717) is 23.3 Å². The molecule has 1 spiro atoms. The lowest BCUT2D eigenvalue weighted by molar-refractivity contribution is -0.142. The maximum absolute atomic E-state index is 13.4. The number of esters is 1. The summed E-state index contributed by atoms with van der Waals surface area (Å²) >= 11 is 3.38. The second-order valence-electron chi connectivity index (χ2n) is 6.85. The van der Waals surface area contributed by atoms with Crippen LogP contribution in [-0.2, 0) is 15.0 Å². The number of ether oxygens (including phenoxy) is 1. The van der Waals surface area contributed by atoms with E-state index in [1.54, 1.807) is 24.3 Å². The van der Waals surface area contributed by atoms with Crippen molar-refractivity contribution < 1.29 is 19.1 Å². The summed E-state index contributed by atoms with van der Waals surface area (Å²) in [6.07, 6.45) is 5.16. The van der Waals surface area contributed by atoms with E-state index in [0.717, 1.165) is 10.8 Å². The van der Waals surface area contributed by atoms with Gasteiger partial charge in [0.2, 0.25) is 0 Å². The van der Waals surface area contributed by atoms with E-state index in [1.165, 1.54) is 0 Å². The quantitative estimate of drug-likeness (QED) is 0.241. The van der Waals surface area contributed by atoms with Gasteiger partial charge >= 0.3 is 5.97 Å². The molecule has 1 aliphatic carbocycles. The van der Waals surface area contributed by atoms with Gasteiger partial charge in [0.1, 0.15) is 17.5 Å². The Morgan fingerprint density at radius 1 is 1.19 bits per heavy atom. The van der Waals surface area contributed by atoms with Gasteiger partial charge < -0.3 is 9.53 Å². The summed E-state index contributed by atoms with van der Waals surface area (Å²) in [5.41, 5.74) is 0.0673. The van der Waals surface area contributed by atoms with Crippen LogP contribution in [0, 0.1) is 11.8 Å². The van der Waals surface area contributed by atoms with Gasteiger partial charge in [0, 0.05) is 33.9 Å². The van der Waals surface area contributed by atoms with Gasteiger partial charge in [-0.15, -0.1) is 0 Å². The van der Waals surface area contributed by atoms with Crippen molar-refractivity contribution in [2.75, 3.05) is 0 Å². The van der Waals surface area contributed by atoms with Crippen molar-refractivity contribution in [2.45, 2.75) is 18.3 Å². The van der Waals surface area contributed by atoms with Crippen LogP contribution in [0.5, 0.6) is 5.75 Å². The average Bonchev–Trinajstić information content (AvgIpc) is 2.97. The monoisotopic (exact) mass is 424 g/mol. The van der Waals surface area contributed by atoms with Crippen LogP contribution in [0.3, 0.4) is 0 Å². The number of hydrogen-bond acceptors (Lipinski definition) is 4. The minimum Gasteiger partial charge on any atom is -0.426 e. The van der Waals surface area contributed by atoms with Gasteiger partial charge in [0.05, 0.1) is 0 Å². The molecule has 2 aromatic carbocycles. The second kappa shape index (κ2) is 6.89. The molecule has 1 aliphatic heterocycles. The van der Waals surface area contributed by atoms with Gasteiger partial charge in [-0.1, -0.05) is 58.4 Å². The lowest BCUT2D eigenvalue weighted by Crippen LogP contribution is -2.51. The molecule has 5 heteroatoms. The van der Waals surface area contributed by atoms with Crippen LogP contribution in [0.4, 0.5) is 0 Å². The zero-order valence-electron chi connectivity index (χ0n) is 14.4. The molecule has 27 heavy (non-hydrogen) atoms. The number of allylic oxidation sites excluding steroid dienone is 2. The number of ketones is 1. The summed E-state index contributed by atoms with van der Waals surface area (Å²) in [6, 6.07) is 14.3. The Labute approximate surface area is 165 Å². The first-order chi connectivity index (χ1) is 13.1. The van der Waals surface area contributed by atoms with E-state index >= 15 is 0 Å². The van der Waals surface area contributed by atoms with Crippen LogP contribution in [0.25, 0.3) is 0 Å². The zero-order valence-corrected chi connectivity index (χ0v) is 16.0. The number of rotatable bonds is 4. The first-order valence-corrected chi connectivity index (χ1v) is 9.60. The molecule has 2 aromatic rings.